The lowest BCUT2D eigenvalue weighted by atomic mass is 10.1. The van der Waals surface area contributed by atoms with E-state index in [4.69, 9.17) is 5.26 Å². The van der Waals surface area contributed by atoms with E-state index in [2.05, 4.69) is 11.1 Å². The van der Waals surface area contributed by atoms with Crippen LogP contribution in [0.15, 0.2) is 20.7 Å². The fourth-order valence-electron chi connectivity index (χ4n) is 2.26. The number of nitriles is 1. The van der Waals surface area contributed by atoms with Crippen LogP contribution < -0.4 is 11.2 Å². The number of rotatable bonds is 4. The van der Waals surface area contributed by atoms with Gasteiger partial charge in [-0.2, -0.15) is 5.26 Å². The molecule has 2 aromatic heterocycles. The molecule has 2 aromatic rings. The molecule has 21 heavy (non-hydrogen) atoms. The Bertz CT molecular complexity index is 845. The van der Waals surface area contributed by atoms with Gasteiger partial charge in [0.05, 0.1) is 17.2 Å². The molecule has 0 aliphatic carbocycles. The van der Waals surface area contributed by atoms with Crippen molar-refractivity contribution in [3.05, 3.63) is 32.6 Å². The molecule has 0 aliphatic rings. The molecule has 0 bridgehead atoms. The Kier molecular flexibility index (Phi) is 4.48. The van der Waals surface area contributed by atoms with Crippen molar-refractivity contribution in [2.75, 3.05) is 5.75 Å². The first-order valence-electron chi connectivity index (χ1n) is 6.60. The zero-order valence-corrected chi connectivity index (χ0v) is 13.0. The van der Waals surface area contributed by atoms with Gasteiger partial charge in [0.25, 0.3) is 5.56 Å². The third-order valence-electron chi connectivity index (χ3n) is 3.30. The smallest absolute Gasteiger partial charge is 0.280 e. The summed E-state index contributed by atoms with van der Waals surface area (Å²) in [5.41, 5.74) is 0.544. The number of aryl methyl sites for hydroxylation is 2. The van der Waals surface area contributed by atoms with Gasteiger partial charge in [-0.05, 0) is 12.0 Å². The molecule has 110 valence electrons. The van der Waals surface area contributed by atoms with Gasteiger partial charge in [-0.3, -0.25) is 13.9 Å². The van der Waals surface area contributed by atoms with Gasteiger partial charge in [-0.15, -0.1) is 11.8 Å². The van der Waals surface area contributed by atoms with Gasteiger partial charge >= 0.3 is 5.69 Å². The van der Waals surface area contributed by atoms with E-state index in [1.807, 2.05) is 6.92 Å². The predicted molar refractivity (Wildman–Crippen MR) is 82.6 cm³/mol. The van der Waals surface area contributed by atoms with E-state index in [1.54, 1.807) is 13.2 Å². The summed E-state index contributed by atoms with van der Waals surface area (Å²) in [6.45, 7) is 2.04. The average Bonchev–Trinajstić information content (AvgIpc) is 2.49. The van der Waals surface area contributed by atoms with Crippen LogP contribution in [0.2, 0.25) is 0 Å². The lowest BCUT2D eigenvalue weighted by Crippen LogP contribution is -2.37. The van der Waals surface area contributed by atoms with Crippen molar-refractivity contribution in [2.45, 2.75) is 24.7 Å². The summed E-state index contributed by atoms with van der Waals surface area (Å²) < 4.78 is 2.44. The standard InChI is InChI=1S/C14H16N4O2S/c1-4-5-9-8-16-12-10(11(9)21-7-6-15)13(19)18(3)14(20)17(12)2/h8H,4-5,7H2,1-3H3. The molecular weight excluding hydrogens is 288 g/mol. The second-order valence-electron chi connectivity index (χ2n) is 4.71. The number of aromatic nitrogens is 3. The van der Waals surface area contributed by atoms with Gasteiger partial charge in [-0.1, -0.05) is 13.3 Å². The van der Waals surface area contributed by atoms with Gasteiger partial charge in [0, 0.05) is 25.2 Å². The molecule has 0 spiro atoms. The second kappa shape index (κ2) is 6.14. The first-order valence-corrected chi connectivity index (χ1v) is 7.58. The number of pyridine rings is 1. The van der Waals surface area contributed by atoms with Gasteiger partial charge in [-0.25, -0.2) is 9.78 Å². The summed E-state index contributed by atoms with van der Waals surface area (Å²) >= 11 is 1.32. The van der Waals surface area contributed by atoms with E-state index < -0.39 is 5.69 Å². The number of thioether (sulfide) groups is 1. The van der Waals surface area contributed by atoms with Gasteiger partial charge in [0.1, 0.15) is 5.65 Å². The van der Waals surface area contributed by atoms with Gasteiger partial charge in [0.15, 0.2) is 0 Å². The Balaban J connectivity index is 2.91. The minimum Gasteiger partial charge on any atom is -0.280 e. The van der Waals surface area contributed by atoms with Crippen LogP contribution in [-0.2, 0) is 20.5 Å². The van der Waals surface area contributed by atoms with Crippen LogP contribution in [0, 0.1) is 11.3 Å². The quantitative estimate of drug-likeness (QED) is 0.793. The van der Waals surface area contributed by atoms with Crippen molar-refractivity contribution in [2.24, 2.45) is 14.1 Å². The molecule has 2 heterocycles. The third-order valence-corrected chi connectivity index (χ3v) is 4.32. The fourth-order valence-corrected chi connectivity index (χ4v) is 3.13. The first-order chi connectivity index (χ1) is 10.0. The van der Waals surface area contributed by atoms with Crippen LogP contribution in [0.25, 0.3) is 11.0 Å². The maximum absolute atomic E-state index is 12.5. The highest BCUT2D eigenvalue weighted by Crippen LogP contribution is 2.28. The predicted octanol–water partition coefficient (Wildman–Crippen LogP) is 1.20. The number of fused-ring (bicyclic) bond motifs is 1. The molecule has 7 heteroatoms. The van der Waals surface area contributed by atoms with Gasteiger partial charge < -0.3 is 0 Å². The van der Waals surface area contributed by atoms with E-state index >= 15 is 0 Å². The van der Waals surface area contributed by atoms with E-state index in [0.717, 1.165) is 27.9 Å². The summed E-state index contributed by atoms with van der Waals surface area (Å²) in [5, 5.41) is 9.24. The second-order valence-corrected chi connectivity index (χ2v) is 5.70. The Hall–Kier alpha value is -2.07. The zero-order chi connectivity index (χ0) is 15.6. The molecule has 2 rings (SSSR count). The monoisotopic (exact) mass is 304 g/mol. The number of hydrogen-bond acceptors (Lipinski definition) is 5. The Morgan fingerprint density at radius 2 is 2.05 bits per heavy atom. The minimum atomic E-state index is -0.403. The first kappa shape index (κ1) is 15.3. The summed E-state index contributed by atoms with van der Waals surface area (Å²) in [6.07, 6.45) is 3.40. The summed E-state index contributed by atoms with van der Waals surface area (Å²) in [6, 6.07) is 2.08. The van der Waals surface area contributed by atoms with E-state index in [1.165, 1.54) is 23.4 Å². The highest BCUT2D eigenvalue weighted by Gasteiger charge is 2.17. The highest BCUT2D eigenvalue weighted by molar-refractivity contribution is 7.99. The molecule has 0 saturated heterocycles. The van der Waals surface area contributed by atoms with E-state index in [9.17, 15) is 9.59 Å². The number of nitrogens with zero attached hydrogens (tertiary/aromatic N) is 4. The van der Waals surface area contributed by atoms with Crippen LogP contribution in [-0.4, -0.2) is 19.9 Å². The summed E-state index contributed by atoms with van der Waals surface area (Å²) in [7, 11) is 3.05. The average molecular weight is 304 g/mol. The molecule has 6 nitrogen and oxygen atoms in total. The maximum Gasteiger partial charge on any atom is 0.332 e. The van der Waals surface area contributed by atoms with Crippen molar-refractivity contribution in [1.29, 1.82) is 5.26 Å². The van der Waals surface area contributed by atoms with Crippen LogP contribution >= 0.6 is 11.8 Å². The van der Waals surface area contributed by atoms with Gasteiger partial charge in [0.2, 0.25) is 0 Å². The van der Waals surface area contributed by atoms with Crippen LogP contribution in [0.4, 0.5) is 0 Å². The Labute approximate surface area is 126 Å². The Morgan fingerprint density at radius 3 is 2.67 bits per heavy atom. The van der Waals surface area contributed by atoms with Crippen molar-refractivity contribution >= 4 is 22.8 Å². The molecule has 0 radical (unpaired) electrons. The molecule has 0 amide bonds. The third kappa shape index (κ3) is 2.59. The normalized spacial score (nSPS) is 10.8. The van der Waals surface area contributed by atoms with Crippen molar-refractivity contribution in [3.63, 3.8) is 0 Å². The summed E-state index contributed by atoms with van der Waals surface area (Å²) in [4.78, 5) is 29.5. The highest BCUT2D eigenvalue weighted by atomic mass is 32.2. The molecule has 0 aliphatic heterocycles. The van der Waals surface area contributed by atoms with E-state index in [-0.39, 0.29) is 11.3 Å². The molecule has 0 aromatic carbocycles. The van der Waals surface area contributed by atoms with Crippen molar-refractivity contribution < 1.29 is 0 Å². The Morgan fingerprint density at radius 1 is 1.33 bits per heavy atom. The number of hydrogen-bond donors (Lipinski definition) is 0. The molecule has 0 fully saturated rings. The maximum atomic E-state index is 12.5. The molecular formula is C14H16N4O2S. The minimum absolute atomic E-state index is 0.252. The largest absolute Gasteiger partial charge is 0.332 e. The topological polar surface area (TPSA) is 80.7 Å². The molecule has 0 N–H and O–H groups in total. The fraction of sp³-hybridized carbons (Fsp3) is 0.429. The SMILES string of the molecule is CCCc1cnc2c(c1SCC#N)c(=O)n(C)c(=O)n2C. The van der Waals surface area contributed by atoms with Crippen molar-refractivity contribution in [1.82, 2.24) is 14.1 Å². The van der Waals surface area contributed by atoms with E-state index in [0.29, 0.717) is 11.0 Å². The summed E-state index contributed by atoms with van der Waals surface area (Å²) in [5.74, 6) is 0.252. The molecule has 0 unspecified atom stereocenters. The lowest BCUT2D eigenvalue weighted by molar-refractivity contribution is 0.704. The van der Waals surface area contributed by atoms with Crippen molar-refractivity contribution in [3.8, 4) is 6.07 Å². The van der Waals surface area contributed by atoms with Crippen LogP contribution in [0.1, 0.15) is 18.9 Å². The van der Waals surface area contributed by atoms with Crippen LogP contribution in [0.5, 0.6) is 0 Å². The van der Waals surface area contributed by atoms with Crippen LogP contribution in [0.3, 0.4) is 0 Å². The molecule has 0 atom stereocenters. The molecule has 0 saturated carbocycles. The lowest BCUT2D eigenvalue weighted by Gasteiger charge is -2.13. The zero-order valence-electron chi connectivity index (χ0n) is 12.2.